The van der Waals surface area contributed by atoms with Crippen LogP contribution >= 0.6 is 25.5 Å². The van der Waals surface area contributed by atoms with Crippen molar-refractivity contribution in [2.45, 2.75) is 6.92 Å². The van der Waals surface area contributed by atoms with Crippen LogP contribution in [0.15, 0.2) is 48.5 Å². The molecule has 0 aliphatic carbocycles. The van der Waals surface area contributed by atoms with Crippen molar-refractivity contribution < 1.29 is 4.74 Å². The van der Waals surface area contributed by atoms with Crippen LogP contribution in [0.2, 0.25) is 0 Å². The third-order valence-electron chi connectivity index (χ3n) is 3.08. The summed E-state index contributed by atoms with van der Waals surface area (Å²) in [7, 11) is 4.11. The van der Waals surface area contributed by atoms with Gasteiger partial charge in [-0.2, -0.15) is 0 Å². The fourth-order valence-electron chi connectivity index (χ4n) is 1.92. The molecule has 0 aliphatic rings. The van der Waals surface area contributed by atoms with Gasteiger partial charge in [-0.25, -0.2) is 0 Å². The van der Waals surface area contributed by atoms with Crippen LogP contribution in [-0.2, 0) is 0 Å². The van der Waals surface area contributed by atoms with E-state index >= 15 is 0 Å². The Kier molecular flexibility index (Phi) is 6.02. The number of hydrogen-bond acceptors (Lipinski definition) is 2. The van der Waals surface area contributed by atoms with Gasteiger partial charge < -0.3 is 0 Å². The molecule has 0 fully saturated rings. The van der Waals surface area contributed by atoms with Gasteiger partial charge in [-0.15, -0.1) is 0 Å². The van der Waals surface area contributed by atoms with Crippen molar-refractivity contribution in [3.8, 4) is 5.75 Å². The molecular formula is C16H19Br2NOTe. The van der Waals surface area contributed by atoms with Gasteiger partial charge in [-0.05, 0) is 0 Å². The standard InChI is InChI=1S/C16H19Br2NOTe/c1-4-20-14-7-11-16(12-8-14)21(17,18)15-9-5-13(6-10-15)19(2)3/h5-12H,4H2,1-3H3. The van der Waals surface area contributed by atoms with E-state index in [0.717, 1.165) is 5.75 Å². The van der Waals surface area contributed by atoms with Crippen LogP contribution in [0, 0.1) is 0 Å². The van der Waals surface area contributed by atoms with Crippen LogP contribution in [0.5, 0.6) is 5.75 Å². The molecule has 0 bridgehead atoms. The number of ether oxygens (including phenoxy) is 1. The molecule has 0 unspecified atom stereocenters. The van der Waals surface area contributed by atoms with Crippen LogP contribution in [0.3, 0.4) is 0 Å². The maximum absolute atomic E-state index is 5.51. The van der Waals surface area contributed by atoms with Crippen molar-refractivity contribution in [2.24, 2.45) is 0 Å². The topological polar surface area (TPSA) is 12.5 Å². The fourth-order valence-corrected chi connectivity index (χ4v) is 11.2. The SMILES string of the molecule is CCOc1ccc([Te](Br)(Br)c2ccc(N(C)C)cc2)cc1. The number of rotatable bonds is 5. The molecule has 0 amide bonds. The summed E-state index contributed by atoms with van der Waals surface area (Å²) in [4.78, 5) is 2.11. The molecule has 0 saturated carbocycles. The van der Waals surface area contributed by atoms with Gasteiger partial charge in [-0.1, -0.05) is 0 Å². The quantitative estimate of drug-likeness (QED) is 0.551. The normalized spacial score (nSPS) is 12.0. The predicted molar refractivity (Wildman–Crippen MR) is 101 cm³/mol. The van der Waals surface area contributed by atoms with E-state index in [0.29, 0.717) is 6.61 Å². The molecule has 0 aliphatic heterocycles. The Labute approximate surface area is 142 Å². The summed E-state index contributed by atoms with van der Waals surface area (Å²) in [6.45, 7) is 2.69. The zero-order valence-corrected chi connectivity index (χ0v) is 17.8. The van der Waals surface area contributed by atoms with Gasteiger partial charge in [-0.3, -0.25) is 0 Å². The van der Waals surface area contributed by atoms with Crippen molar-refractivity contribution in [3.05, 3.63) is 48.5 Å². The van der Waals surface area contributed by atoms with Gasteiger partial charge in [0.2, 0.25) is 0 Å². The summed E-state index contributed by atoms with van der Waals surface area (Å²) in [5, 5.41) is 0. The first-order valence-electron chi connectivity index (χ1n) is 6.68. The zero-order valence-electron chi connectivity index (χ0n) is 12.3. The summed E-state index contributed by atoms with van der Waals surface area (Å²) in [6, 6.07) is 17.1. The monoisotopic (exact) mass is 529 g/mol. The summed E-state index contributed by atoms with van der Waals surface area (Å²) in [6.07, 6.45) is 0. The Morgan fingerprint density at radius 1 is 0.905 bits per heavy atom. The van der Waals surface area contributed by atoms with Gasteiger partial charge in [0, 0.05) is 0 Å². The Bertz CT molecular complexity index is 582. The molecule has 2 aromatic carbocycles. The second-order valence-electron chi connectivity index (χ2n) is 4.76. The van der Waals surface area contributed by atoms with Crippen molar-refractivity contribution in [2.75, 3.05) is 25.6 Å². The van der Waals surface area contributed by atoms with Crippen LogP contribution < -0.4 is 16.9 Å². The van der Waals surface area contributed by atoms with Crippen LogP contribution in [-0.4, -0.2) is 34.5 Å². The van der Waals surface area contributed by atoms with E-state index < -0.39 is 13.8 Å². The van der Waals surface area contributed by atoms with E-state index in [2.05, 4.69) is 80.9 Å². The summed E-state index contributed by atoms with van der Waals surface area (Å²) in [5.74, 6) is 0.919. The number of nitrogens with zero attached hydrogens (tertiary/aromatic N) is 1. The molecule has 0 N–H and O–H groups in total. The molecule has 0 atom stereocenters. The van der Waals surface area contributed by atoms with Crippen LogP contribution in [0.4, 0.5) is 5.69 Å². The second kappa shape index (κ2) is 7.37. The number of benzene rings is 2. The second-order valence-corrected chi connectivity index (χ2v) is 29.0. The number of hydrogen-bond donors (Lipinski definition) is 0. The number of anilines is 1. The van der Waals surface area contributed by atoms with Gasteiger partial charge in [0.25, 0.3) is 0 Å². The molecule has 0 radical (unpaired) electrons. The third-order valence-corrected chi connectivity index (χ3v) is 18.0. The molecule has 0 aromatic heterocycles. The zero-order chi connectivity index (χ0) is 15.5. The van der Waals surface area contributed by atoms with Gasteiger partial charge in [0.1, 0.15) is 0 Å². The van der Waals surface area contributed by atoms with E-state index in [4.69, 9.17) is 4.74 Å². The molecule has 2 aromatic rings. The fraction of sp³-hybridized carbons (Fsp3) is 0.250. The van der Waals surface area contributed by atoms with Crippen molar-refractivity contribution in [3.63, 3.8) is 0 Å². The number of halogens is 2. The molecule has 0 saturated heterocycles. The predicted octanol–water partition coefficient (Wildman–Crippen LogP) is 3.50. The van der Waals surface area contributed by atoms with E-state index in [1.807, 2.05) is 19.1 Å². The van der Waals surface area contributed by atoms with Crippen molar-refractivity contribution in [1.82, 2.24) is 0 Å². The van der Waals surface area contributed by atoms with Crippen LogP contribution in [0.25, 0.3) is 0 Å². The van der Waals surface area contributed by atoms with E-state index in [1.54, 1.807) is 0 Å². The Hall–Kier alpha value is -0.210. The van der Waals surface area contributed by atoms with Gasteiger partial charge in [0.15, 0.2) is 0 Å². The third kappa shape index (κ3) is 4.16. The first kappa shape index (κ1) is 17.1. The van der Waals surface area contributed by atoms with Crippen molar-refractivity contribution in [1.29, 1.82) is 0 Å². The van der Waals surface area contributed by atoms with E-state index in [9.17, 15) is 0 Å². The molecule has 2 nitrogen and oxygen atoms in total. The van der Waals surface area contributed by atoms with Crippen molar-refractivity contribution >= 4 is 52.2 Å². The molecule has 5 heteroatoms. The minimum absolute atomic E-state index is 0.695. The minimum atomic E-state index is -2.60. The molecular weight excluding hydrogens is 510 g/mol. The Balaban J connectivity index is 2.27. The Morgan fingerprint density at radius 2 is 1.38 bits per heavy atom. The van der Waals surface area contributed by atoms with Crippen LogP contribution in [0.1, 0.15) is 6.92 Å². The van der Waals surface area contributed by atoms with E-state index in [-0.39, 0.29) is 0 Å². The van der Waals surface area contributed by atoms with Gasteiger partial charge in [0.05, 0.1) is 0 Å². The summed E-state index contributed by atoms with van der Waals surface area (Å²) >= 11 is 5.35. The first-order valence-corrected chi connectivity index (χ1v) is 19.5. The molecule has 2 rings (SSSR count). The average Bonchev–Trinajstić information content (AvgIpc) is 2.48. The van der Waals surface area contributed by atoms with Gasteiger partial charge >= 0.3 is 144 Å². The first-order chi connectivity index (χ1) is 9.95. The molecule has 0 spiro atoms. The summed E-state index contributed by atoms with van der Waals surface area (Å²) in [5.41, 5.74) is 1.21. The Morgan fingerprint density at radius 3 is 1.81 bits per heavy atom. The summed E-state index contributed by atoms with van der Waals surface area (Å²) < 4.78 is 8.16. The average molecular weight is 529 g/mol. The molecule has 21 heavy (non-hydrogen) atoms. The van der Waals surface area contributed by atoms with E-state index in [1.165, 1.54) is 12.9 Å². The molecule has 114 valence electrons. The maximum atomic E-state index is 5.51. The molecule has 0 heterocycles.